The van der Waals surface area contributed by atoms with Gasteiger partial charge in [0.2, 0.25) is 0 Å². The molecule has 150 valence electrons. The van der Waals surface area contributed by atoms with E-state index in [9.17, 15) is 0 Å². The molecule has 1 saturated heterocycles. The van der Waals surface area contributed by atoms with E-state index >= 15 is 0 Å². The van der Waals surface area contributed by atoms with Crippen LogP contribution in [0.4, 0.5) is 5.82 Å². The summed E-state index contributed by atoms with van der Waals surface area (Å²) in [5, 5.41) is 0. The van der Waals surface area contributed by atoms with Crippen LogP contribution in [-0.4, -0.2) is 46.0 Å². The van der Waals surface area contributed by atoms with Gasteiger partial charge in [0.1, 0.15) is 11.5 Å². The molecule has 5 heteroatoms. The van der Waals surface area contributed by atoms with Crippen LogP contribution in [0.25, 0.3) is 11.5 Å². The van der Waals surface area contributed by atoms with Crippen molar-refractivity contribution in [2.45, 2.75) is 33.7 Å². The van der Waals surface area contributed by atoms with Crippen LogP contribution >= 0.6 is 0 Å². The summed E-state index contributed by atoms with van der Waals surface area (Å²) in [6.45, 7) is 11.6. The minimum absolute atomic E-state index is 0.713. The zero-order valence-corrected chi connectivity index (χ0v) is 17.6. The summed E-state index contributed by atoms with van der Waals surface area (Å²) in [5.41, 5.74) is 5.81. The van der Waals surface area contributed by atoms with E-state index in [1.165, 1.54) is 11.1 Å². The zero-order chi connectivity index (χ0) is 20.2. The number of benzene rings is 1. The van der Waals surface area contributed by atoms with Crippen molar-refractivity contribution in [1.29, 1.82) is 0 Å². The molecule has 1 aromatic carbocycles. The number of aromatic nitrogens is 3. The Morgan fingerprint density at radius 3 is 2.48 bits per heavy atom. The fourth-order valence-corrected chi connectivity index (χ4v) is 3.90. The number of pyridine rings is 1. The summed E-state index contributed by atoms with van der Waals surface area (Å²) in [6.07, 6.45) is 2.93. The summed E-state index contributed by atoms with van der Waals surface area (Å²) < 4.78 is 0. The first-order chi connectivity index (χ1) is 14.1. The van der Waals surface area contributed by atoms with Crippen molar-refractivity contribution in [2.75, 3.05) is 31.1 Å². The van der Waals surface area contributed by atoms with Crippen LogP contribution in [0.5, 0.6) is 0 Å². The highest BCUT2D eigenvalue weighted by atomic mass is 15.3. The lowest BCUT2D eigenvalue weighted by molar-refractivity contribution is 0.285. The monoisotopic (exact) mass is 387 g/mol. The standard InChI is InChI=1S/C24H29N5/c1-18-9-4-5-10-21(18)17-28-13-8-14-29(16-15-28)24-19(2)20(3)26-23(27-24)22-11-6-7-12-25-22/h4-7,9-12H,8,13-17H2,1-3H3. The molecule has 3 aromatic rings. The predicted octanol–water partition coefficient (Wildman–Crippen LogP) is 4.18. The number of rotatable bonds is 4. The minimum Gasteiger partial charge on any atom is -0.355 e. The van der Waals surface area contributed by atoms with Crippen LogP contribution in [0.2, 0.25) is 0 Å². The normalized spacial score (nSPS) is 15.3. The summed E-state index contributed by atoms with van der Waals surface area (Å²) in [6, 6.07) is 14.6. The predicted molar refractivity (Wildman–Crippen MR) is 118 cm³/mol. The Labute approximate surface area is 173 Å². The van der Waals surface area contributed by atoms with Crippen LogP contribution in [0.1, 0.15) is 28.8 Å². The lowest BCUT2D eigenvalue weighted by Gasteiger charge is -2.25. The van der Waals surface area contributed by atoms with Gasteiger partial charge in [-0.15, -0.1) is 0 Å². The van der Waals surface area contributed by atoms with Crippen molar-refractivity contribution < 1.29 is 0 Å². The van der Waals surface area contributed by atoms with Gasteiger partial charge in [0.05, 0.1) is 0 Å². The number of hydrogen-bond donors (Lipinski definition) is 0. The largest absolute Gasteiger partial charge is 0.355 e. The van der Waals surface area contributed by atoms with Crippen LogP contribution in [0.3, 0.4) is 0 Å². The van der Waals surface area contributed by atoms with Crippen molar-refractivity contribution in [2.24, 2.45) is 0 Å². The fourth-order valence-electron chi connectivity index (χ4n) is 3.90. The lowest BCUT2D eigenvalue weighted by atomic mass is 10.1. The number of aryl methyl sites for hydroxylation is 2. The summed E-state index contributed by atoms with van der Waals surface area (Å²) in [7, 11) is 0. The van der Waals surface area contributed by atoms with Crippen molar-refractivity contribution in [3.8, 4) is 11.5 Å². The van der Waals surface area contributed by atoms with E-state index in [0.29, 0.717) is 5.82 Å². The van der Waals surface area contributed by atoms with Crippen molar-refractivity contribution >= 4 is 5.82 Å². The van der Waals surface area contributed by atoms with Crippen LogP contribution in [0.15, 0.2) is 48.7 Å². The first kappa shape index (κ1) is 19.5. The Bertz CT molecular complexity index is 970. The molecule has 0 bridgehead atoms. The molecule has 29 heavy (non-hydrogen) atoms. The average molecular weight is 388 g/mol. The van der Waals surface area contributed by atoms with Gasteiger partial charge >= 0.3 is 0 Å². The quantitative estimate of drug-likeness (QED) is 0.672. The SMILES string of the molecule is Cc1ccccc1CN1CCCN(c2nc(-c3ccccn3)nc(C)c2C)CC1. The Morgan fingerprint density at radius 2 is 1.69 bits per heavy atom. The van der Waals surface area contributed by atoms with Crippen molar-refractivity contribution in [3.63, 3.8) is 0 Å². The molecule has 0 radical (unpaired) electrons. The van der Waals surface area contributed by atoms with Crippen LogP contribution in [-0.2, 0) is 6.54 Å². The van der Waals surface area contributed by atoms with E-state index in [1.54, 1.807) is 6.20 Å². The Balaban J connectivity index is 1.53. The third kappa shape index (κ3) is 4.46. The second kappa shape index (κ2) is 8.70. The van der Waals surface area contributed by atoms with E-state index in [-0.39, 0.29) is 0 Å². The Morgan fingerprint density at radius 1 is 0.862 bits per heavy atom. The highest BCUT2D eigenvalue weighted by molar-refractivity contribution is 5.57. The third-order valence-corrected chi connectivity index (χ3v) is 5.80. The van der Waals surface area contributed by atoms with E-state index < -0.39 is 0 Å². The maximum Gasteiger partial charge on any atom is 0.180 e. The molecule has 0 N–H and O–H groups in total. The second-order valence-electron chi connectivity index (χ2n) is 7.84. The van der Waals surface area contributed by atoms with Crippen LogP contribution < -0.4 is 4.90 Å². The summed E-state index contributed by atoms with van der Waals surface area (Å²) in [4.78, 5) is 19.0. The van der Waals surface area contributed by atoms with Gasteiger partial charge in [0, 0.05) is 50.2 Å². The molecule has 4 rings (SSSR count). The van der Waals surface area contributed by atoms with E-state index in [1.807, 2.05) is 18.2 Å². The number of hydrogen-bond acceptors (Lipinski definition) is 5. The summed E-state index contributed by atoms with van der Waals surface area (Å²) in [5.74, 6) is 1.76. The minimum atomic E-state index is 0.713. The maximum atomic E-state index is 4.93. The molecular formula is C24H29N5. The molecule has 0 aliphatic carbocycles. The third-order valence-electron chi connectivity index (χ3n) is 5.80. The van der Waals surface area contributed by atoms with E-state index in [4.69, 9.17) is 9.97 Å². The molecule has 0 spiro atoms. The van der Waals surface area contributed by atoms with Crippen molar-refractivity contribution in [3.05, 3.63) is 71.0 Å². The molecule has 0 saturated carbocycles. The van der Waals surface area contributed by atoms with Gasteiger partial charge < -0.3 is 4.90 Å². The molecule has 0 unspecified atom stereocenters. The van der Waals surface area contributed by atoms with E-state index in [0.717, 1.165) is 61.9 Å². The molecule has 0 amide bonds. The highest BCUT2D eigenvalue weighted by Gasteiger charge is 2.20. The van der Waals surface area contributed by atoms with Crippen molar-refractivity contribution in [1.82, 2.24) is 19.9 Å². The van der Waals surface area contributed by atoms with Gasteiger partial charge in [-0.1, -0.05) is 30.3 Å². The topological polar surface area (TPSA) is 45.2 Å². The maximum absolute atomic E-state index is 4.93. The Kier molecular flexibility index (Phi) is 5.86. The summed E-state index contributed by atoms with van der Waals surface area (Å²) >= 11 is 0. The first-order valence-corrected chi connectivity index (χ1v) is 10.4. The zero-order valence-electron chi connectivity index (χ0n) is 17.6. The van der Waals surface area contributed by atoms with Gasteiger partial charge in [-0.25, -0.2) is 9.97 Å². The van der Waals surface area contributed by atoms with Crippen LogP contribution in [0, 0.1) is 20.8 Å². The van der Waals surface area contributed by atoms with Gasteiger partial charge in [-0.05, 0) is 50.5 Å². The van der Waals surface area contributed by atoms with E-state index in [2.05, 4.69) is 59.8 Å². The van der Waals surface area contributed by atoms with Gasteiger partial charge in [0.15, 0.2) is 5.82 Å². The molecule has 1 aliphatic heterocycles. The molecule has 5 nitrogen and oxygen atoms in total. The first-order valence-electron chi connectivity index (χ1n) is 10.4. The number of nitrogens with zero attached hydrogens (tertiary/aromatic N) is 5. The van der Waals surface area contributed by atoms with Gasteiger partial charge in [0.25, 0.3) is 0 Å². The van der Waals surface area contributed by atoms with Gasteiger partial charge in [-0.2, -0.15) is 0 Å². The van der Waals surface area contributed by atoms with Gasteiger partial charge in [-0.3, -0.25) is 9.88 Å². The molecule has 1 aliphatic rings. The molecule has 3 heterocycles. The highest BCUT2D eigenvalue weighted by Crippen LogP contribution is 2.25. The lowest BCUT2D eigenvalue weighted by Crippen LogP contribution is -2.31. The average Bonchev–Trinajstić information content (AvgIpc) is 2.98. The Hall–Kier alpha value is -2.79. The fraction of sp³-hybridized carbons (Fsp3) is 0.375. The smallest absolute Gasteiger partial charge is 0.180 e. The second-order valence-corrected chi connectivity index (χ2v) is 7.84. The molecule has 2 aromatic heterocycles. The molecule has 1 fully saturated rings. The number of anilines is 1. The molecular weight excluding hydrogens is 358 g/mol. The molecule has 0 atom stereocenters.